The Morgan fingerprint density at radius 3 is 2.14 bits per heavy atom. The van der Waals surface area contributed by atoms with Gasteiger partial charge in [0.15, 0.2) is 0 Å². The van der Waals surface area contributed by atoms with Crippen LogP contribution in [-0.2, 0) is 10.0 Å². The highest BCUT2D eigenvalue weighted by atomic mass is 79.9. The van der Waals surface area contributed by atoms with E-state index in [1.807, 2.05) is 32.9 Å². The van der Waals surface area contributed by atoms with E-state index >= 15 is 0 Å². The van der Waals surface area contributed by atoms with Crippen molar-refractivity contribution in [2.75, 3.05) is 4.72 Å². The summed E-state index contributed by atoms with van der Waals surface area (Å²) in [4.78, 5) is 0.245. The lowest BCUT2D eigenvalue weighted by Gasteiger charge is -2.14. The fourth-order valence-electron chi connectivity index (χ4n) is 2.02. The van der Waals surface area contributed by atoms with Gasteiger partial charge in [-0.1, -0.05) is 22.0 Å². The molecule has 0 amide bonds. The number of hydrogen-bond acceptors (Lipinski definition) is 2. The van der Waals surface area contributed by atoms with Crippen LogP contribution in [-0.4, -0.2) is 8.42 Å². The van der Waals surface area contributed by atoms with Gasteiger partial charge in [0.2, 0.25) is 0 Å². The maximum absolute atomic E-state index is 12.5. The summed E-state index contributed by atoms with van der Waals surface area (Å²) in [6, 6.07) is 8.79. The molecule has 6 heteroatoms. The van der Waals surface area contributed by atoms with Crippen LogP contribution >= 0.6 is 31.9 Å². The first-order chi connectivity index (χ1) is 9.70. The summed E-state index contributed by atoms with van der Waals surface area (Å²) in [5.41, 5.74) is 3.39. The predicted molar refractivity (Wildman–Crippen MR) is 93.3 cm³/mol. The SMILES string of the molecule is Cc1cc(C)c(NS(=O)(=O)c2ccc(Br)c(C)c2)c(Br)c1. The fourth-order valence-corrected chi connectivity index (χ4v) is 4.41. The Labute approximate surface area is 142 Å². The molecule has 112 valence electrons. The van der Waals surface area contributed by atoms with Crippen LogP contribution in [0.1, 0.15) is 16.7 Å². The van der Waals surface area contributed by atoms with Crippen molar-refractivity contribution in [3.05, 3.63) is 56.0 Å². The third kappa shape index (κ3) is 3.67. The second kappa shape index (κ2) is 6.10. The van der Waals surface area contributed by atoms with E-state index < -0.39 is 10.0 Å². The van der Waals surface area contributed by atoms with Gasteiger partial charge in [-0.05, 0) is 77.7 Å². The van der Waals surface area contributed by atoms with E-state index in [1.165, 1.54) is 0 Å². The van der Waals surface area contributed by atoms with Crippen molar-refractivity contribution >= 4 is 47.6 Å². The summed E-state index contributed by atoms with van der Waals surface area (Å²) in [7, 11) is -3.61. The molecule has 0 saturated carbocycles. The van der Waals surface area contributed by atoms with Gasteiger partial charge in [-0.3, -0.25) is 4.72 Å². The molecule has 0 aromatic heterocycles. The number of rotatable bonds is 3. The monoisotopic (exact) mass is 431 g/mol. The summed E-state index contributed by atoms with van der Waals surface area (Å²) in [6.07, 6.45) is 0. The minimum absolute atomic E-state index is 0.245. The molecule has 0 spiro atoms. The van der Waals surface area contributed by atoms with Crippen LogP contribution in [0.25, 0.3) is 0 Å². The van der Waals surface area contributed by atoms with Gasteiger partial charge >= 0.3 is 0 Å². The molecule has 0 aliphatic carbocycles. The molecule has 2 aromatic rings. The molecule has 0 bridgehead atoms. The highest BCUT2D eigenvalue weighted by Gasteiger charge is 2.18. The first-order valence-electron chi connectivity index (χ1n) is 6.26. The maximum Gasteiger partial charge on any atom is 0.261 e. The second-order valence-corrected chi connectivity index (χ2v) is 8.35. The van der Waals surface area contributed by atoms with Crippen molar-refractivity contribution in [2.24, 2.45) is 0 Å². The lowest BCUT2D eigenvalue weighted by Crippen LogP contribution is -2.14. The summed E-state index contributed by atoms with van der Waals surface area (Å²) in [5, 5.41) is 0. The summed E-state index contributed by atoms with van der Waals surface area (Å²) < 4.78 is 29.3. The van der Waals surface area contributed by atoms with E-state index in [1.54, 1.807) is 18.2 Å². The molecular weight excluding hydrogens is 418 g/mol. The smallest absolute Gasteiger partial charge is 0.261 e. The van der Waals surface area contributed by atoms with Crippen LogP contribution < -0.4 is 4.72 Å². The van der Waals surface area contributed by atoms with Gasteiger partial charge < -0.3 is 0 Å². The van der Waals surface area contributed by atoms with Crippen molar-refractivity contribution in [1.82, 2.24) is 0 Å². The van der Waals surface area contributed by atoms with Gasteiger partial charge in [-0.25, -0.2) is 8.42 Å². The molecule has 0 heterocycles. The number of halogens is 2. The van der Waals surface area contributed by atoms with Crippen molar-refractivity contribution in [1.29, 1.82) is 0 Å². The van der Waals surface area contributed by atoms with Gasteiger partial charge in [0.1, 0.15) is 0 Å². The Hall–Kier alpha value is -0.850. The lowest BCUT2D eigenvalue weighted by atomic mass is 10.1. The average Bonchev–Trinajstić information content (AvgIpc) is 2.37. The minimum Gasteiger partial charge on any atom is -0.278 e. The number of benzene rings is 2. The van der Waals surface area contributed by atoms with Gasteiger partial charge in [-0.2, -0.15) is 0 Å². The van der Waals surface area contributed by atoms with Crippen LogP contribution in [0.4, 0.5) is 5.69 Å². The van der Waals surface area contributed by atoms with E-state index in [2.05, 4.69) is 36.6 Å². The zero-order valence-corrected chi connectivity index (χ0v) is 15.9. The van der Waals surface area contributed by atoms with Gasteiger partial charge in [0, 0.05) is 8.95 Å². The van der Waals surface area contributed by atoms with Crippen LogP contribution in [0.15, 0.2) is 44.2 Å². The molecule has 0 aliphatic heterocycles. The Morgan fingerprint density at radius 1 is 0.905 bits per heavy atom. The number of nitrogens with one attached hydrogen (secondary N) is 1. The third-order valence-electron chi connectivity index (χ3n) is 3.11. The first kappa shape index (κ1) is 16.5. The number of anilines is 1. The van der Waals surface area contributed by atoms with Crippen molar-refractivity contribution in [3.8, 4) is 0 Å². The molecule has 0 unspecified atom stereocenters. The normalized spacial score (nSPS) is 11.5. The standard InChI is InChI=1S/C15H15Br2NO2S/c1-9-6-11(3)15(14(17)7-9)18-21(19,20)12-4-5-13(16)10(2)8-12/h4-8,18H,1-3H3. The third-order valence-corrected chi connectivity index (χ3v) is 5.97. The zero-order chi connectivity index (χ0) is 15.8. The molecule has 2 rings (SSSR count). The van der Waals surface area contributed by atoms with E-state index in [-0.39, 0.29) is 4.90 Å². The molecule has 0 aliphatic rings. The van der Waals surface area contributed by atoms with Crippen molar-refractivity contribution < 1.29 is 8.42 Å². The highest BCUT2D eigenvalue weighted by Crippen LogP contribution is 2.30. The Morgan fingerprint density at radius 2 is 1.57 bits per heavy atom. The van der Waals surface area contributed by atoms with Gasteiger partial charge in [-0.15, -0.1) is 0 Å². The highest BCUT2D eigenvalue weighted by molar-refractivity contribution is 9.11. The van der Waals surface area contributed by atoms with Crippen LogP contribution in [0.2, 0.25) is 0 Å². The summed E-state index contributed by atoms with van der Waals surface area (Å²) in [6.45, 7) is 5.70. The maximum atomic E-state index is 12.5. The van der Waals surface area contributed by atoms with Gasteiger partial charge in [0.25, 0.3) is 10.0 Å². The molecule has 21 heavy (non-hydrogen) atoms. The van der Waals surface area contributed by atoms with Crippen LogP contribution in [0.5, 0.6) is 0 Å². The Kier molecular flexibility index (Phi) is 4.80. The molecule has 0 saturated heterocycles. The minimum atomic E-state index is -3.61. The second-order valence-electron chi connectivity index (χ2n) is 4.96. The predicted octanol–water partition coefficient (Wildman–Crippen LogP) is 4.94. The van der Waals surface area contributed by atoms with Crippen LogP contribution in [0.3, 0.4) is 0 Å². The van der Waals surface area contributed by atoms with Crippen molar-refractivity contribution in [2.45, 2.75) is 25.7 Å². The van der Waals surface area contributed by atoms with Crippen LogP contribution in [0, 0.1) is 20.8 Å². The first-order valence-corrected chi connectivity index (χ1v) is 9.33. The number of hydrogen-bond donors (Lipinski definition) is 1. The van der Waals surface area contributed by atoms with Crippen molar-refractivity contribution in [3.63, 3.8) is 0 Å². The molecule has 0 atom stereocenters. The Bertz CT molecular complexity index is 778. The fraction of sp³-hybridized carbons (Fsp3) is 0.200. The van der Waals surface area contributed by atoms with Gasteiger partial charge in [0.05, 0.1) is 10.6 Å². The molecule has 1 N–H and O–H groups in total. The zero-order valence-electron chi connectivity index (χ0n) is 11.9. The van der Waals surface area contributed by atoms with E-state index in [0.29, 0.717) is 5.69 Å². The molecule has 0 fully saturated rings. The average molecular weight is 433 g/mol. The number of sulfonamides is 1. The Balaban J connectivity index is 2.44. The number of aryl methyl sites for hydroxylation is 3. The molecule has 2 aromatic carbocycles. The topological polar surface area (TPSA) is 46.2 Å². The summed E-state index contributed by atoms with van der Waals surface area (Å²) >= 11 is 6.79. The quantitative estimate of drug-likeness (QED) is 0.746. The van der Waals surface area contributed by atoms with E-state index in [9.17, 15) is 8.42 Å². The lowest BCUT2D eigenvalue weighted by molar-refractivity contribution is 0.601. The van der Waals surface area contributed by atoms with E-state index in [4.69, 9.17) is 0 Å². The molecular formula is C15H15Br2NO2S. The largest absolute Gasteiger partial charge is 0.278 e. The molecule has 0 radical (unpaired) electrons. The van der Waals surface area contributed by atoms with E-state index in [0.717, 1.165) is 25.6 Å². The summed E-state index contributed by atoms with van der Waals surface area (Å²) in [5.74, 6) is 0. The molecule has 3 nitrogen and oxygen atoms in total.